The van der Waals surface area contributed by atoms with Gasteiger partial charge in [0, 0.05) is 5.02 Å². The number of hydrogen-bond donors (Lipinski definition) is 0. The topological polar surface area (TPSA) is 35.1 Å². The quantitative estimate of drug-likeness (QED) is 0.630. The molecule has 3 rings (SSSR count). The van der Waals surface area contributed by atoms with E-state index in [-0.39, 0.29) is 0 Å². The average molecular weight is 304 g/mol. The summed E-state index contributed by atoms with van der Waals surface area (Å²) in [6.45, 7) is 1.96. The van der Waals surface area contributed by atoms with Crippen LogP contribution in [0.25, 0.3) is 16.7 Å². The summed E-state index contributed by atoms with van der Waals surface area (Å²) in [5, 5.41) is 1.27. The van der Waals surface area contributed by atoms with Crippen molar-refractivity contribution in [3.8, 4) is 5.69 Å². The Morgan fingerprint density at radius 1 is 1.20 bits per heavy atom. The third-order valence-corrected chi connectivity index (χ3v) is 3.65. The monoisotopic (exact) mass is 303 g/mol. The van der Waals surface area contributed by atoms with Crippen LogP contribution in [-0.2, 0) is 0 Å². The Morgan fingerprint density at radius 3 is 2.75 bits per heavy atom. The van der Waals surface area contributed by atoms with Crippen molar-refractivity contribution in [3.05, 3.63) is 68.2 Å². The van der Waals surface area contributed by atoms with Gasteiger partial charge in [-0.2, -0.15) is 0 Å². The zero-order valence-electron chi connectivity index (χ0n) is 10.6. The molecule has 0 bridgehead atoms. The van der Waals surface area contributed by atoms with Gasteiger partial charge in [0.2, 0.25) is 0 Å². The van der Waals surface area contributed by atoms with Gasteiger partial charge in [-0.05, 0) is 37.3 Å². The number of nitrogens with zero attached hydrogens (tertiary/aromatic N) is 1. The van der Waals surface area contributed by atoms with Crippen molar-refractivity contribution >= 4 is 34.8 Å². The zero-order chi connectivity index (χ0) is 14.3. The fourth-order valence-electron chi connectivity index (χ4n) is 2.08. The lowest BCUT2D eigenvalue weighted by Gasteiger charge is -2.07. The SMILES string of the molecule is Cc1ccc2oc(=O)n(-c3cccc(Cl)c3)c(=S)c2c1. The first kappa shape index (κ1) is 13.1. The molecule has 1 heterocycles. The van der Waals surface area contributed by atoms with Gasteiger partial charge in [-0.25, -0.2) is 9.36 Å². The van der Waals surface area contributed by atoms with Crippen LogP contribution < -0.4 is 5.76 Å². The molecule has 20 heavy (non-hydrogen) atoms. The minimum absolute atomic E-state index is 0.419. The normalized spacial score (nSPS) is 10.9. The second-order valence-electron chi connectivity index (χ2n) is 4.49. The molecule has 0 saturated heterocycles. The van der Waals surface area contributed by atoms with E-state index in [2.05, 4.69) is 0 Å². The van der Waals surface area contributed by atoms with Crippen LogP contribution in [-0.4, -0.2) is 4.57 Å². The Kier molecular flexibility index (Phi) is 3.20. The van der Waals surface area contributed by atoms with Crippen LogP contribution in [0.5, 0.6) is 0 Å². The Morgan fingerprint density at radius 2 is 2.00 bits per heavy atom. The number of fused-ring (bicyclic) bond motifs is 1. The van der Waals surface area contributed by atoms with E-state index < -0.39 is 5.76 Å². The number of halogens is 1. The summed E-state index contributed by atoms with van der Waals surface area (Å²) in [4.78, 5) is 12.1. The maximum absolute atomic E-state index is 12.1. The lowest BCUT2D eigenvalue weighted by Crippen LogP contribution is -2.18. The lowest BCUT2D eigenvalue weighted by molar-refractivity contribution is 0.507. The van der Waals surface area contributed by atoms with Gasteiger partial charge < -0.3 is 4.42 Å². The fourth-order valence-corrected chi connectivity index (χ4v) is 2.60. The van der Waals surface area contributed by atoms with Gasteiger partial charge in [0.15, 0.2) is 0 Å². The summed E-state index contributed by atoms with van der Waals surface area (Å²) < 4.78 is 7.09. The lowest BCUT2D eigenvalue weighted by atomic mass is 10.2. The van der Waals surface area contributed by atoms with Crippen LogP contribution in [0.2, 0.25) is 5.02 Å². The van der Waals surface area contributed by atoms with E-state index in [0.717, 1.165) is 10.9 Å². The molecule has 100 valence electrons. The summed E-state index contributed by atoms with van der Waals surface area (Å²) in [5.41, 5.74) is 2.14. The van der Waals surface area contributed by atoms with E-state index in [1.54, 1.807) is 30.3 Å². The number of aromatic nitrogens is 1. The number of aryl methyl sites for hydroxylation is 1. The molecule has 0 saturated carbocycles. The Hall–Kier alpha value is -1.91. The zero-order valence-corrected chi connectivity index (χ0v) is 12.2. The summed E-state index contributed by atoms with van der Waals surface area (Å²) >= 11 is 11.4. The molecule has 5 heteroatoms. The molecule has 0 spiro atoms. The van der Waals surface area contributed by atoms with E-state index in [0.29, 0.717) is 20.9 Å². The molecule has 0 fully saturated rings. The Labute approximate surface area is 125 Å². The highest BCUT2D eigenvalue weighted by Gasteiger charge is 2.09. The first-order valence-electron chi connectivity index (χ1n) is 5.99. The summed E-state index contributed by atoms with van der Waals surface area (Å²) in [6, 6.07) is 12.5. The van der Waals surface area contributed by atoms with Crippen LogP contribution in [0.1, 0.15) is 5.56 Å². The molecule has 0 amide bonds. The second kappa shape index (κ2) is 4.89. The summed E-state index contributed by atoms with van der Waals surface area (Å²) in [5.74, 6) is -0.520. The molecular weight excluding hydrogens is 294 g/mol. The smallest absolute Gasteiger partial charge is 0.409 e. The van der Waals surface area contributed by atoms with E-state index in [4.69, 9.17) is 28.2 Å². The molecule has 3 aromatic rings. The minimum atomic E-state index is -0.520. The van der Waals surface area contributed by atoms with E-state index in [1.165, 1.54) is 4.57 Å². The van der Waals surface area contributed by atoms with Crippen molar-refractivity contribution in [2.75, 3.05) is 0 Å². The third kappa shape index (κ3) is 2.17. The van der Waals surface area contributed by atoms with Crippen LogP contribution >= 0.6 is 23.8 Å². The van der Waals surface area contributed by atoms with Gasteiger partial charge in [-0.1, -0.05) is 41.5 Å². The van der Waals surface area contributed by atoms with Crippen molar-refractivity contribution in [3.63, 3.8) is 0 Å². The first-order valence-corrected chi connectivity index (χ1v) is 6.77. The molecule has 2 aromatic carbocycles. The van der Waals surface area contributed by atoms with E-state index in [1.807, 2.05) is 19.1 Å². The minimum Gasteiger partial charge on any atom is -0.409 e. The van der Waals surface area contributed by atoms with E-state index in [9.17, 15) is 4.79 Å². The summed E-state index contributed by atoms with van der Waals surface area (Å²) in [7, 11) is 0. The highest BCUT2D eigenvalue weighted by atomic mass is 35.5. The first-order chi connectivity index (χ1) is 9.56. The van der Waals surface area contributed by atoms with Gasteiger partial charge in [-0.3, -0.25) is 0 Å². The second-order valence-corrected chi connectivity index (χ2v) is 5.31. The molecule has 0 atom stereocenters. The van der Waals surface area contributed by atoms with Crippen LogP contribution in [0.3, 0.4) is 0 Å². The maximum Gasteiger partial charge on any atom is 0.425 e. The van der Waals surface area contributed by atoms with Crippen molar-refractivity contribution in [1.29, 1.82) is 0 Å². The maximum atomic E-state index is 12.1. The third-order valence-electron chi connectivity index (χ3n) is 3.01. The molecule has 0 radical (unpaired) electrons. The van der Waals surface area contributed by atoms with Crippen molar-refractivity contribution in [2.24, 2.45) is 0 Å². The van der Waals surface area contributed by atoms with Gasteiger partial charge in [0.05, 0.1) is 11.1 Å². The average Bonchev–Trinajstić information content (AvgIpc) is 2.40. The van der Waals surface area contributed by atoms with Crippen molar-refractivity contribution in [1.82, 2.24) is 4.57 Å². The molecule has 0 N–H and O–H groups in total. The standard InChI is InChI=1S/C15H10ClNO2S/c1-9-5-6-13-12(7-9)14(20)17(15(18)19-13)11-4-2-3-10(16)8-11/h2-8H,1H3. The Balaban J connectivity index is 2.42. The van der Waals surface area contributed by atoms with E-state index >= 15 is 0 Å². The molecule has 0 aliphatic heterocycles. The Bertz CT molecular complexity index is 927. The van der Waals surface area contributed by atoms with Gasteiger partial charge in [0.1, 0.15) is 10.2 Å². The van der Waals surface area contributed by atoms with Crippen LogP contribution in [0.15, 0.2) is 51.7 Å². The molecule has 0 aliphatic rings. The molecule has 0 unspecified atom stereocenters. The molecule has 1 aromatic heterocycles. The summed E-state index contributed by atoms with van der Waals surface area (Å²) in [6.07, 6.45) is 0. The van der Waals surface area contributed by atoms with Crippen molar-refractivity contribution < 1.29 is 4.42 Å². The number of benzene rings is 2. The van der Waals surface area contributed by atoms with Gasteiger partial charge >= 0.3 is 5.76 Å². The fraction of sp³-hybridized carbons (Fsp3) is 0.0667. The van der Waals surface area contributed by atoms with Crippen LogP contribution in [0.4, 0.5) is 0 Å². The van der Waals surface area contributed by atoms with Crippen molar-refractivity contribution in [2.45, 2.75) is 6.92 Å². The largest absolute Gasteiger partial charge is 0.425 e. The predicted octanol–water partition coefficient (Wildman–Crippen LogP) is 4.28. The van der Waals surface area contributed by atoms with Gasteiger partial charge in [0.25, 0.3) is 0 Å². The molecule has 3 nitrogen and oxygen atoms in total. The number of hydrogen-bond acceptors (Lipinski definition) is 3. The highest BCUT2D eigenvalue weighted by molar-refractivity contribution is 7.71. The molecular formula is C15H10ClNO2S. The van der Waals surface area contributed by atoms with Crippen LogP contribution in [0, 0.1) is 11.6 Å². The van der Waals surface area contributed by atoms with Gasteiger partial charge in [-0.15, -0.1) is 0 Å². The number of rotatable bonds is 1. The highest BCUT2D eigenvalue weighted by Crippen LogP contribution is 2.19. The predicted molar refractivity (Wildman–Crippen MR) is 82.4 cm³/mol. The molecule has 0 aliphatic carbocycles.